The fourth-order valence-electron chi connectivity index (χ4n) is 10.4. The molecule has 3 saturated heterocycles. The third-order valence-corrected chi connectivity index (χ3v) is 14.1. The maximum absolute atomic E-state index is 13.8. The lowest BCUT2D eigenvalue weighted by Gasteiger charge is -2.47. The highest BCUT2D eigenvalue weighted by Gasteiger charge is 2.74. The molecule has 63 heavy (non-hydrogen) atoms. The Kier molecular flexibility index (Phi) is 14.7. The summed E-state index contributed by atoms with van der Waals surface area (Å²) in [5.41, 5.74) is -5.72. The topological polar surface area (TPSA) is 212 Å². The first kappa shape index (κ1) is 48.0. The third-order valence-electron chi connectivity index (χ3n) is 14.1. The Labute approximate surface area is 370 Å². The molecular formula is C49H66N2O12. The van der Waals surface area contributed by atoms with Crippen LogP contribution in [0, 0.1) is 29.1 Å². The second-order valence-corrected chi connectivity index (χ2v) is 19.2. The summed E-state index contributed by atoms with van der Waals surface area (Å²) >= 11 is 0. The Bertz CT molecular complexity index is 1980. The Morgan fingerprint density at radius 1 is 0.794 bits per heavy atom. The molecule has 344 valence electrons. The number of esters is 2. The number of benzene rings is 2. The number of allylic oxidation sites excluding steroid dienone is 2. The van der Waals surface area contributed by atoms with Crippen molar-refractivity contribution in [2.75, 3.05) is 26.4 Å². The summed E-state index contributed by atoms with van der Waals surface area (Å²) in [4.78, 5) is 52.5. The molecule has 0 aromatic heterocycles. The van der Waals surface area contributed by atoms with E-state index >= 15 is 0 Å². The van der Waals surface area contributed by atoms with E-state index < -0.39 is 82.4 Å². The lowest BCUT2D eigenvalue weighted by atomic mass is 9.68. The van der Waals surface area contributed by atoms with Gasteiger partial charge in [0.1, 0.15) is 28.5 Å². The first-order valence-electron chi connectivity index (χ1n) is 22.3. The van der Waals surface area contributed by atoms with Gasteiger partial charge in [0.05, 0.1) is 61.6 Å². The summed E-state index contributed by atoms with van der Waals surface area (Å²) in [6.07, 6.45) is 10.7. The van der Waals surface area contributed by atoms with Gasteiger partial charge in [-0.3, -0.25) is 9.59 Å². The summed E-state index contributed by atoms with van der Waals surface area (Å²) in [6, 6.07) is 17.2. The lowest BCUT2D eigenvalue weighted by molar-refractivity contribution is -0.149. The van der Waals surface area contributed by atoms with E-state index in [0.29, 0.717) is 17.5 Å². The van der Waals surface area contributed by atoms with Gasteiger partial charge in [0.15, 0.2) is 0 Å². The van der Waals surface area contributed by atoms with E-state index in [0.717, 1.165) is 32.1 Å². The molecule has 0 saturated carbocycles. The Hall–Kier alpha value is -4.44. The number of aliphatic hydroxyl groups is 5. The van der Waals surface area contributed by atoms with Gasteiger partial charge in [-0.25, -0.2) is 9.59 Å². The number of hydrogen-bond acceptors (Lipinski definition) is 12. The number of carbonyl (C=O) groups is 4. The predicted molar refractivity (Wildman–Crippen MR) is 233 cm³/mol. The molecule has 2 aromatic rings. The van der Waals surface area contributed by atoms with Crippen molar-refractivity contribution in [3.63, 3.8) is 0 Å². The molecule has 3 aliphatic heterocycles. The number of carbonyl (C=O) groups excluding carboxylic acids is 4. The van der Waals surface area contributed by atoms with Gasteiger partial charge in [0, 0.05) is 17.3 Å². The highest BCUT2D eigenvalue weighted by molar-refractivity contribution is 5.90. The van der Waals surface area contributed by atoms with Crippen molar-refractivity contribution in [3.05, 3.63) is 96.1 Å². The molecule has 0 spiro atoms. The minimum atomic E-state index is -1.72. The molecule has 0 unspecified atom stereocenters. The molecule has 7 rings (SSSR count). The zero-order valence-electron chi connectivity index (χ0n) is 37.2. The Morgan fingerprint density at radius 3 is 1.75 bits per heavy atom. The minimum Gasteiger partial charge on any atom is -0.462 e. The van der Waals surface area contributed by atoms with Crippen LogP contribution in [0.5, 0.6) is 0 Å². The van der Waals surface area contributed by atoms with E-state index in [1.807, 2.05) is 45.1 Å². The average Bonchev–Trinajstić information content (AvgIpc) is 3.85. The van der Waals surface area contributed by atoms with Crippen LogP contribution in [0.2, 0.25) is 0 Å². The van der Waals surface area contributed by atoms with E-state index in [1.165, 1.54) is 6.92 Å². The predicted octanol–water partition coefficient (Wildman–Crippen LogP) is 4.48. The van der Waals surface area contributed by atoms with Crippen LogP contribution in [-0.2, 0) is 23.8 Å². The van der Waals surface area contributed by atoms with Crippen molar-refractivity contribution in [2.24, 2.45) is 29.1 Å². The monoisotopic (exact) mass is 874 g/mol. The SMILES string of the molecule is CC(C)(C)[C@@H]1OC[C@]2([C@H](O)[C@@H]3C=CCCC3)N1C(=O)[C@H](CCOC(=O)c1ccccc1)[C@]2(C)O.C[C@]1(O)[C@@H](CCOC(=O)c2ccccc2)C(=O)N[C@]1(CO)[C@H](O)[C@@H]1C=CCCC1. The van der Waals surface area contributed by atoms with Gasteiger partial charge in [-0.2, -0.15) is 0 Å². The van der Waals surface area contributed by atoms with Gasteiger partial charge in [-0.05, 0) is 89.5 Å². The summed E-state index contributed by atoms with van der Waals surface area (Å²) in [5.74, 6) is -3.92. The van der Waals surface area contributed by atoms with Crippen molar-refractivity contribution in [1.82, 2.24) is 10.2 Å². The Balaban J connectivity index is 0.000000213. The number of ether oxygens (including phenoxy) is 3. The third kappa shape index (κ3) is 9.12. The normalized spacial score (nSPS) is 33.5. The molecule has 0 radical (unpaired) electrons. The van der Waals surface area contributed by atoms with Gasteiger partial charge >= 0.3 is 11.9 Å². The standard InChI is InChI=1S/C27H37NO6.C22H29NO6/c1-25(2,3)24-28-22(30)20(15-16-33-23(31)19-13-9-6-10-14-19)26(4,32)27(28,17-34-24)21(29)18-11-7-5-8-12-18;1-21(28)17(12-13-29-20(27)16-10-6-3-7-11-16)19(26)23-22(21,14-24)18(25)15-8-4-2-5-9-15/h6-7,9-11,13-14,18,20-21,24,29,32H,5,8,12,15-17H2,1-4H3;3-4,6-8,10-11,15,17-18,24-25,28H,2,5,9,12-14H2,1H3,(H,23,26)/t18-,20+,21-,24+,26+,27-;15-,17+,18-,21+,22-/m11/s1. The van der Waals surface area contributed by atoms with Gasteiger partial charge in [-0.15, -0.1) is 0 Å². The quantitative estimate of drug-likeness (QED) is 0.122. The fraction of sp³-hybridized carbons (Fsp3) is 0.592. The lowest BCUT2D eigenvalue weighted by Crippen LogP contribution is -2.68. The summed E-state index contributed by atoms with van der Waals surface area (Å²) in [6.45, 7) is 8.40. The number of hydrogen-bond donors (Lipinski definition) is 6. The number of aliphatic hydroxyl groups excluding tert-OH is 3. The second kappa shape index (κ2) is 19.3. The van der Waals surface area contributed by atoms with Crippen LogP contribution in [-0.4, -0.2) is 121 Å². The highest BCUT2D eigenvalue weighted by atomic mass is 16.5. The van der Waals surface area contributed by atoms with Gasteiger partial charge in [0.25, 0.3) is 0 Å². The van der Waals surface area contributed by atoms with E-state index in [9.17, 15) is 44.7 Å². The van der Waals surface area contributed by atoms with Crippen LogP contribution in [0.4, 0.5) is 0 Å². The molecule has 14 nitrogen and oxygen atoms in total. The molecule has 14 heteroatoms. The van der Waals surface area contributed by atoms with E-state index in [1.54, 1.807) is 66.4 Å². The average molecular weight is 875 g/mol. The zero-order chi connectivity index (χ0) is 45.8. The maximum Gasteiger partial charge on any atom is 0.338 e. The van der Waals surface area contributed by atoms with Crippen molar-refractivity contribution in [3.8, 4) is 0 Å². The van der Waals surface area contributed by atoms with Crippen LogP contribution in [0.1, 0.15) is 107 Å². The van der Waals surface area contributed by atoms with Crippen LogP contribution in [0.25, 0.3) is 0 Å². The highest BCUT2D eigenvalue weighted by Crippen LogP contribution is 2.55. The zero-order valence-corrected chi connectivity index (χ0v) is 37.2. The maximum atomic E-state index is 13.8. The van der Waals surface area contributed by atoms with Crippen LogP contribution in [0.3, 0.4) is 0 Å². The molecule has 11 atom stereocenters. The van der Waals surface area contributed by atoms with Crippen molar-refractivity contribution in [1.29, 1.82) is 0 Å². The summed E-state index contributed by atoms with van der Waals surface area (Å²) in [7, 11) is 0. The minimum absolute atomic E-state index is 0.00925. The van der Waals surface area contributed by atoms with Crippen molar-refractivity contribution < 1.29 is 58.9 Å². The first-order chi connectivity index (χ1) is 29.8. The van der Waals surface area contributed by atoms with Gasteiger partial charge < -0.3 is 50.0 Å². The second-order valence-electron chi connectivity index (χ2n) is 19.2. The van der Waals surface area contributed by atoms with Crippen LogP contribution in [0.15, 0.2) is 85.0 Å². The van der Waals surface area contributed by atoms with Gasteiger partial charge in [0.2, 0.25) is 11.8 Å². The number of nitrogens with one attached hydrogen (secondary N) is 1. The first-order valence-corrected chi connectivity index (χ1v) is 22.3. The largest absolute Gasteiger partial charge is 0.462 e. The van der Waals surface area contributed by atoms with Crippen LogP contribution >= 0.6 is 0 Å². The smallest absolute Gasteiger partial charge is 0.338 e. The van der Waals surface area contributed by atoms with Crippen molar-refractivity contribution >= 4 is 23.8 Å². The summed E-state index contributed by atoms with van der Waals surface area (Å²) < 4.78 is 16.8. The number of fused-ring (bicyclic) bond motifs is 1. The molecule has 2 aliphatic carbocycles. The van der Waals surface area contributed by atoms with E-state index in [2.05, 4.69) is 11.4 Å². The molecule has 3 fully saturated rings. The summed E-state index contributed by atoms with van der Waals surface area (Å²) in [5, 5.41) is 58.6. The number of amides is 2. The molecular weight excluding hydrogens is 809 g/mol. The molecule has 0 bridgehead atoms. The number of nitrogens with zero attached hydrogens (tertiary/aromatic N) is 1. The molecule has 2 aromatic carbocycles. The Morgan fingerprint density at radius 2 is 1.29 bits per heavy atom. The van der Waals surface area contributed by atoms with Gasteiger partial charge in [-0.1, -0.05) is 81.5 Å². The molecule has 6 N–H and O–H groups in total. The number of rotatable bonds is 13. The van der Waals surface area contributed by atoms with E-state index in [4.69, 9.17) is 14.2 Å². The fourth-order valence-corrected chi connectivity index (χ4v) is 10.4. The van der Waals surface area contributed by atoms with Crippen molar-refractivity contribution in [2.45, 2.75) is 127 Å². The van der Waals surface area contributed by atoms with E-state index in [-0.39, 0.29) is 50.4 Å². The molecule has 3 heterocycles. The molecule has 5 aliphatic rings. The van der Waals surface area contributed by atoms with Crippen LogP contribution < -0.4 is 5.32 Å². The molecule has 2 amide bonds.